The molecule has 5 rings (SSSR count). The second-order valence-electron chi connectivity index (χ2n) is 13.5. The van der Waals surface area contributed by atoms with Crippen LogP contribution in [0.4, 0.5) is 39.5 Å². The second-order valence-corrected chi connectivity index (χ2v) is 15.8. The van der Waals surface area contributed by atoms with E-state index in [4.69, 9.17) is 0 Å². The molecule has 8 nitrogen and oxygen atoms in total. The van der Waals surface area contributed by atoms with Crippen LogP contribution in [0, 0.1) is 23.4 Å². The lowest BCUT2D eigenvalue weighted by atomic mass is 9.88. The van der Waals surface area contributed by atoms with E-state index in [2.05, 4.69) is 4.74 Å². The monoisotopic (exact) mass is 783 g/mol. The Bertz CT molecular complexity index is 1800. The molecule has 2 fully saturated rings. The fraction of sp³-hybridized carbons (Fsp3) is 0.486. The maximum atomic E-state index is 14.6. The molecule has 3 atom stereocenters. The van der Waals surface area contributed by atoms with Crippen molar-refractivity contribution in [3.05, 3.63) is 101 Å². The third kappa shape index (κ3) is 7.55. The first-order valence-corrected chi connectivity index (χ1v) is 18.0. The summed E-state index contributed by atoms with van der Waals surface area (Å²) in [5.41, 5.74) is -8.04. The summed E-state index contributed by atoms with van der Waals surface area (Å²) < 4.78 is 161. The molecule has 2 heterocycles. The molecule has 2 unspecified atom stereocenters. The second kappa shape index (κ2) is 15.1. The van der Waals surface area contributed by atoms with E-state index in [-0.39, 0.29) is 29.3 Å². The number of hydrogen-bond donors (Lipinski definition) is 2. The first kappa shape index (κ1) is 40.9. The highest BCUT2D eigenvalue weighted by atomic mass is 32.2. The molecule has 0 spiro atoms. The zero-order valence-corrected chi connectivity index (χ0v) is 29.3. The van der Waals surface area contributed by atoms with Crippen molar-refractivity contribution in [3.63, 3.8) is 0 Å². The van der Waals surface area contributed by atoms with Gasteiger partial charge in [0.1, 0.15) is 28.4 Å². The van der Waals surface area contributed by atoms with Crippen molar-refractivity contribution < 1.29 is 62.9 Å². The van der Waals surface area contributed by atoms with Gasteiger partial charge in [0.05, 0.1) is 11.5 Å². The summed E-state index contributed by atoms with van der Waals surface area (Å²) in [7, 11) is -1.16. The van der Waals surface area contributed by atoms with Gasteiger partial charge in [-0.15, -0.1) is 0 Å². The third-order valence-electron chi connectivity index (χ3n) is 10.2. The number of sulfone groups is 1. The molecule has 3 aromatic carbocycles. The van der Waals surface area contributed by atoms with E-state index < -0.39 is 86.8 Å². The Morgan fingerprint density at radius 3 is 1.89 bits per heavy atom. The van der Waals surface area contributed by atoms with Crippen molar-refractivity contribution in [1.29, 1.82) is 0 Å². The Morgan fingerprint density at radius 2 is 1.38 bits per heavy atom. The molecule has 3 aromatic rings. The standard InChI is InChI=1S/C35H38F9N3O5S/c1-45(2)30(48)22-14-17-46(18-15-22)31(49)47-19-16-32(21-47,53(50,51)26-12-10-25(36)11-13-26)23-6-8-24(9-7-23)33(34(39,40)41,35(42,43)44)52-20-27-28(37)4-3-5-29(27)38/h3-13,22,30-31,48-49H,14-21H2,1-2H3/t30?,31?,32-/m0/s1. The summed E-state index contributed by atoms with van der Waals surface area (Å²) in [5, 5.41) is 21.8. The number of aliphatic hydroxyl groups excluding tert-OH is 2. The van der Waals surface area contributed by atoms with Crippen LogP contribution in [0.1, 0.15) is 36.0 Å². The van der Waals surface area contributed by atoms with Crippen molar-refractivity contribution in [2.24, 2.45) is 5.92 Å². The average Bonchev–Trinajstić information content (AvgIpc) is 3.56. The maximum absolute atomic E-state index is 14.6. The molecule has 18 heteroatoms. The predicted molar refractivity (Wildman–Crippen MR) is 173 cm³/mol. The third-order valence-corrected chi connectivity index (χ3v) is 12.7. The van der Waals surface area contributed by atoms with Gasteiger partial charge in [-0.3, -0.25) is 14.7 Å². The lowest BCUT2D eigenvalue weighted by molar-refractivity contribution is -0.392. The predicted octanol–water partition coefficient (Wildman–Crippen LogP) is 5.88. The number of aliphatic hydroxyl groups is 2. The molecule has 2 aliphatic heterocycles. The molecule has 2 N–H and O–H groups in total. The van der Waals surface area contributed by atoms with E-state index >= 15 is 0 Å². The minimum atomic E-state index is -6.23. The normalized spacial score (nSPS) is 21.3. The van der Waals surface area contributed by atoms with Gasteiger partial charge in [0.25, 0.3) is 5.60 Å². The highest BCUT2D eigenvalue weighted by Crippen LogP contribution is 2.54. The van der Waals surface area contributed by atoms with Crippen LogP contribution in [0.2, 0.25) is 0 Å². The Kier molecular flexibility index (Phi) is 11.7. The van der Waals surface area contributed by atoms with Gasteiger partial charge >= 0.3 is 12.4 Å². The van der Waals surface area contributed by atoms with E-state index in [0.717, 1.165) is 42.5 Å². The Hall–Kier alpha value is -3.26. The molecule has 0 aromatic heterocycles. The lowest BCUT2D eigenvalue weighted by Crippen LogP contribution is -2.56. The van der Waals surface area contributed by atoms with Gasteiger partial charge in [-0.2, -0.15) is 26.3 Å². The van der Waals surface area contributed by atoms with Gasteiger partial charge in [0.2, 0.25) is 0 Å². The first-order chi connectivity index (χ1) is 24.7. The number of piperidine rings is 1. The highest BCUT2D eigenvalue weighted by Gasteiger charge is 2.73. The van der Waals surface area contributed by atoms with Crippen LogP contribution < -0.4 is 0 Å². The Morgan fingerprint density at radius 1 is 0.830 bits per heavy atom. The van der Waals surface area contributed by atoms with Crippen LogP contribution in [0.5, 0.6) is 0 Å². The smallest absolute Gasteiger partial charge is 0.378 e. The molecule has 53 heavy (non-hydrogen) atoms. The molecule has 0 aliphatic carbocycles. The number of nitrogens with zero attached hydrogens (tertiary/aromatic N) is 3. The van der Waals surface area contributed by atoms with Crippen molar-refractivity contribution in [2.45, 2.75) is 66.0 Å². The summed E-state index contributed by atoms with van der Waals surface area (Å²) in [6.45, 7) is -1.64. The van der Waals surface area contributed by atoms with Gasteiger partial charge in [-0.25, -0.2) is 21.6 Å². The zero-order chi connectivity index (χ0) is 39.1. The first-order valence-electron chi connectivity index (χ1n) is 16.5. The van der Waals surface area contributed by atoms with E-state index in [1.54, 1.807) is 23.9 Å². The SMILES string of the molecule is CN(C)C(O)C1CCN(C(O)N2CC[C@](c3ccc(C(OCc4c(F)cccc4F)(C(F)(F)F)C(F)(F)F)cc3)(S(=O)(=O)c3ccc(F)cc3)C2)CC1. The number of hydrogen-bond acceptors (Lipinski definition) is 8. The molecule has 0 bridgehead atoms. The number of benzene rings is 3. The Balaban J connectivity index is 1.53. The highest BCUT2D eigenvalue weighted by molar-refractivity contribution is 7.92. The number of rotatable bonds is 11. The van der Waals surface area contributed by atoms with E-state index in [1.807, 2.05) is 0 Å². The summed E-state index contributed by atoms with van der Waals surface area (Å²) in [4.78, 5) is 4.35. The van der Waals surface area contributed by atoms with E-state index in [1.165, 1.54) is 4.90 Å². The van der Waals surface area contributed by atoms with Gasteiger partial charge in [0.15, 0.2) is 16.2 Å². The fourth-order valence-corrected chi connectivity index (χ4v) is 9.24. The number of alkyl halides is 6. The summed E-state index contributed by atoms with van der Waals surface area (Å²) in [6.07, 6.45) is -13.8. The molecular formula is C35H38F9N3O5S. The zero-order valence-electron chi connectivity index (χ0n) is 28.5. The quantitative estimate of drug-likeness (QED) is 0.142. The van der Waals surface area contributed by atoms with Crippen molar-refractivity contribution in [3.8, 4) is 0 Å². The van der Waals surface area contributed by atoms with Gasteiger partial charge in [-0.1, -0.05) is 30.3 Å². The van der Waals surface area contributed by atoms with E-state index in [0.29, 0.717) is 50.2 Å². The molecule has 0 amide bonds. The molecule has 2 saturated heterocycles. The summed E-state index contributed by atoms with van der Waals surface area (Å²) >= 11 is 0. The number of halogens is 9. The maximum Gasteiger partial charge on any atom is 0.430 e. The van der Waals surface area contributed by atoms with E-state index in [9.17, 15) is 58.1 Å². The molecule has 292 valence electrons. The van der Waals surface area contributed by atoms with Crippen LogP contribution in [-0.4, -0.2) is 98.5 Å². The average molecular weight is 784 g/mol. The van der Waals surface area contributed by atoms with Crippen LogP contribution in [0.15, 0.2) is 71.6 Å². The fourth-order valence-electron chi connectivity index (χ4n) is 7.15. The van der Waals surface area contributed by atoms with Gasteiger partial charge < -0.3 is 14.9 Å². The minimum absolute atomic E-state index is 0.0735. The summed E-state index contributed by atoms with van der Waals surface area (Å²) in [5.74, 6) is -3.73. The largest absolute Gasteiger partial charge is 0.430 e. The number of likely N-dealkylation sites (tertiary alicyclic amines) is 2. The molecule has 0 radical (unpaired) electrons. The van der Waals surface area contributed by atoms with Crippen molar-refractivity contribution in [1.82, 2.24) is 14.7 Å². The van der Waals surface area contributed by atoms with Crippen molar-refractivity contribution in [2.75, 3.05) is 40.3 Å². The van der Waals surface area contributed by atoms with Crippen LogP contribution >= 0.6 is 0 Å². The Labute approximate surface area is 300 Å². The molecular weight excluding hydrogens is 745 g/mol. The lowest BCUT2D eigenvalue weighted by Gasteiger charge is -2.41. The topological polar surface area (TPSA) is 93.5 Å². The van der Waals surface area contributed by atoms with Gasteiger partial charge in [-0.05, 0) is 75.3 Å². The molecule has 0 saturated carbocycles. The summed E-state index contributed by atoms with van der Waals surface area (Å²) in [6, 6.07) is 8.23. The van der Waals surface area contributed by atoms with Gasteiger partial charge in [0, 0.05) is 43.2 Å². The van der Waals surface area contributed by atoms with Crippen LogP contribution in [-0.2, 0) is 31.5 Å². The minimum Gasteiger partial charge on any atom is -0.378 e. The number of ether oxygens (including phenoxy) is 1. The molecule has 2 aliphatic rings. The van der Waals surface area contributed by atoms with Crippen LogP contribution in [0.25, 0.3) is 0 Å². The van der Waals surface area contributed by atoms with Crippen LogP contribution in [0.3, 0.4) is 0 Å². The van der Waals surface area contributed by atoms with Crippen molar-refractivity contribution >= 4 is 9.84 Å².